The minimum absolute atomic E-state index is 0.0390. The maximum Gasteiger partial charge on any atom is 0.354 e. The minimum Gasteiger partial charge on any atom is -0.462 e. The third-order valence-corrected chi connectivity index (χ3v) is 1.66. The fourth-order valence-electron chi connectivity index (χ4n) is 1.05. The summed E-state index contributed by atoms with van der Waals surface area (Å²) in [5.74, 6) is -0.690. The van der Waals surface area contributed by atoms with E-state index in [4.69, 9.17) is 9.47 Å². The maximum absolute atomic E-state index is 11.2. The van der Waals surface area contributed by atoms with E-state index in [1.165, 1.54) is 0 Å². The van der Waals surface area contributed by atoms with Crippen LogP contribution in [0.4, 0.5) is 0 Å². The molecule has 4 heteroatoms. The average molecular weight is 184 g/mol. The number of ether oxygens (including phenoxy) is 2. The lowest BCUT2D eigenvalue weighted by molar-refractivity contribution is -0.151. The van der Waals surface area contributed by atoms with Crippen molar-refractivity contribution in [2.75, 3.05) is 6.61 Å². The van der Waals surface area contributed by atoms with E-state index in [0.29, 0.717) is 5.76 Å². The second-order valence-corrected chi connectivity index (χ2v) is 3.00. The Kier molecular flexibility index (Phi) is 2.70. The van der Waals surface area contributed by atoms with Gasteiger partial charge in [0.1, 0.15) is 5.76 Å². The van der Waals surface area contributed by atoms with Gasteiger partial charge in [-0.25, -0.2) is 9.59 Å². The van der Waals surface area contributed by atoms with Gasteiger partial charge < -0.3 is 9.47 Å². The van der Waals surface area contributed by atoms with E-state index in [1.807, 2.05) is 13.8 Å². The second kappa shape index (κ2) is 3.60. The van der Waals surface area contributed by atoms with Crippen LogP contribution < -0.4 is 0 Å². The van der Waals surface area contributed by atoms with Crippen LogP contribution in [0.2, 0.25) is 0 Å². The van der Waals surface area contributed by atoms with Gasteiger partial charge in [-0.3, -0.25) is 0 Å². The van der Waals surface area contributed by atoms with E-state index in [-0.39, 0.29) is 18.1 Å². The van der Waals surface area contributed by atoms with Crippen molar-refractivity contribution in [3.63, 3.8) is 0 Å². The summed E-state index contributed by atoms with van der Waals surface area (Å²) in [5.41, 5.74) is 0.0665. The molecule has 0 saturated carbocycles. The van der Waals surface area contributed by atoms with Crippen LogP contribution in [0, 0.1) is 5.92 Å². The molecule has 0 aromatic carbocycles. The molecular formula is C9H12O4. The molecule has 0 radical (unpaired) electrons. The number of esters is 2. The molecule has 1 heterocycles. The van der Waals surface area contributed by atoms with Crippen LogP contribution in [0.25, 0.3) is 0 Å². The second-order valence-electron chi connectivity index (χ2n) is 3.00. The van der Waals surface area contributed by atoms with Crippen molar-refractivity contribution in [2.24, 2.45) is 5.92 Å². The van der Waals surface area contributed by atoms with Crippen molar-refractivity contribution in [1.29, 1.82) is 0 Å². The highest BCUT2D eigenvalue weighted by Gasteiger charge is 2.38. The molecule has 0 spiro atoms. The molecule has 0 atom stereocenters. The van der Waals surface area contributed by atoms with Crippen LogP contribution in [0.5, 0.6) is 0 Å². The topological polar surface area (TPSA) is 52.6 Å². The van der Waals surface area contributed by atoms with Crippen LogP contribution in [0.15, 0.2) is 11.3 Å². The Bertz CT molecular complexity index is 275. The van der Waals surface area contributed by atoms with Crippen molar-refractivity contribution in [3.8, 4) is 0 Å². The molecule has 0 aromatic heterocycles. The van der Waals surface area contributed by atoms with Gasteiger partial charge in [0.05, 0.1) is 6.61 Å². The van der Waals surface area contributed by atoms with Crippen LogP contribution in [0.1, 0.15) is 20.8 Å². The Balaban J connectivity index is 2.82. The summed E-state index contributed by atoms with van der Waals surface area (Å²) in [6.07, 6.45) is 0. The summed E-state index contributed by atoms with van der Waals surface area (Å²) in [6, 6.07) is 0. The van der Waals surface area contributed by atoms with Crippen molar-refractivity contribution < 1.29 is 19.1 Å². The molecule has 0 fully saturated rings. The van der Waals surface area contributed by atoms with E-state index in [1.54, 1.807) is 6.92 Å². The third-order valence-electron chi connectivity index (χ3n) is 1.66. The molecule has 1 rings (SSSR count). The smallest absolute Gasteiger partial charge is 0.354 e. The van der Waals surface area contributed by atoms with Crippen LogP contribution >= 0.6 is 0 Å². The summed E-state index contributed by atoms with van der Waals surface area (Å²) in [5, 5.41) is 0. The Morgan fingerprint density at radius 1 is 1.54 bits per heavy atom. The van der Waals surface area contributed by atoms with E-state index in [0.717, 1.165) is 0 Å². The summed E-state index contributed by atoms with van der Waals surface area (Å²) in [7, 11) is 0. The number of cyclic esters (lactones) is 1. The molecule has 1 aliphatic heterocycles. The lowest BCUT2D eigenvalue weighted by atomic mass is 10.0. The standard InChI is InChI=1S/C9H12O4/c1-4-12-8(10)6-7(5(2)3)13-9(6)11/h5H,4H2,1-3H3. The fraction of sp³-hybridized carbons (Fsp3) is 0.556. The average Bonchev–Trinajstić information content (AvgIpc) is 1.99. The summed E-state index contributed by atoms with van der Waals surface area (Å²) in [6.45, 7) is 5.65. The number of allylic oxidation sites excluding steroid dienone is 1. The molecule has 72 valence electrons. The molecular weight excluding hydrogens is 172 g/mol. The Morgan fingerprint density at radius 3 is 2.54 bits per heavy atom. The molecule has 0 aromatic rings. The van der Waals surface area contributed by atoms with Crippen LogP contribution in [-0.2, 0) is 19.1 Å². The highest BCUT2D eigenvalue weighted by Crippen LogP contribution is 2.27. The molecule has 4 nitrogen and oxygen atoms in total. The molecule has 0 bridgehead atoms. The maximum atomic E-state index is 11.2. The molecule has 0 saturated heterocycles. The zero-order valence-electron chi connectivity index (χ0n) is 7.92. The normalized spacial score (nSPS) is 15.5. The quantitative estimate of drug-likeness (QED) is 0.485. The van der Waals surface area contributed by atoms with Gasteiger partial charge in [-0.15, -0.1) is 0 Å². The molecule has 0 unspecified atom stereocenters. The SMILES string of the molecule is CCOC(=O)C1=C(C(C)C)OC1=O. The van der Waals surface area contributed by atoms with Gasteiger partial charge in [0.25, 0.3) is 0 Å². The largest absolute Gasteiger partial charge is 0.462 e. The van der Waals surface area contributed by atoms with Crippen LogP contribution in [0.3, 0.4) is 0 Å². The van der Waals surface area contributed by atoms with Gasteiger partial charge >= 0.3 is 11.9 Å². The summed E-state index contributed by atoms with van der Waals surface area (Å²) < 4.78 is 9.42. The van der Waals surface area contributed by atoms with Gasteiger partial charge in [0.2, 0.25) is 0 Å². The van der Waals surface area contributed by atoms with E-state index < -0.39 is 11.9 Å². The number of carbonyl (C=O) groups is 2. The predicted octanol–water partition coefficient (Wildman–Crippen LogP) is 1.02. The van der Waals surface area contributed by atoms with Crippen molar-refractivity contribution in [3.05, 3.63) is 11.3 Å². The van der Waals surface area contributed by atoms with E-state index in [2.05, 4.69) is 0 Å². The number of hydrogen-bond acceptors (Lipinski definition) is 4. The van der Waals surface area contributed by atoms with E-state index in [9.17, 15) is 9.59 Å². The van der Waals surface area contributed by atoms with E-state index >= 15 is 0 Å². The highest BCUT2D eigenvalue weighted by atomic mass is 16.6. The molecule has 0 aliphatic carbocycles. The van der Waals surface area contributed by atoms with Gasteiger partial charge in [0.15, 0.2) is 5.57 Å². The Labute approximate surface area is 76.5 Å². The third kappa shape index (κ3) is 1.71. The fourth-order valence-corrected chi connectivity index (χ4v) is 1.05. The van der Waals surface area contributed by atoms with Crippen LogP contribution in [-0.4, -0.2) is 18.5 Å². The lowest BCUT2D eigenvalue weighted by Gasteiger charge is -2.23. The van der Waals surface area contributed by atoms with Gasteiger partial charge in [-0.05, 0) is 6.92 Å². The summed E-state index contributed by atoms with van der Waals surface area (Å²) in [4.78, 5) is 22.1. The van der Waals surface area contributed by atoms with Crippen molar-refractivity contribution >= 4 is 11.9 Å². The first-order valence-electron chi connectivity index (χ1n) is 4.21. The van der Waals surface area contributed by atoms with Gasteiger partial charge in [-0.1, -0.05) is 13.8 Å². The first-order chi connectivity index (χ1) is 6.07. The molecule has 0 amide bonds. The first-order valence-corrected chi connectivity index (χ1v) is 4.21. The monoisotopic (exact) mass is 184 g/mol. The minimum atomic E-state index is -0.581. The summed E-state index contributed by atoms with van der Waals surface area (Å²) >= 11 is 0. The number of rotatable bonds is 3. The zero-order chi connectivity index (χ0) is 10.0. The van der Waals surface area contributed by atoms with Crippen molar-refractivity contribution in [2.45, 2.75) is 20.8 Å². The molecule has 13 heavy (non-hydrogen) atoms. The highest BCUT2D eigenvalue weighted by molar-refractivity contribution is 6.18. The number of hydrogen-bond donors (Lipinski definition) is 0. The number of carbonyl (C=O) groups excluding carboxylic acids is 2. The zero-order valence-corrected chi connectivity index (χ0v) is 7.92. The lowest BCUT2D eigenvalue weighted by Crippen LogP contribution is -2.31. The Morgan fingerprint density at radius 2 is 2.15 bits per heavy atom. The van der Waals surface area contributed by atoms with Crippen molar-refractivity contribution in [1.82, 2.24) is 0 Å². The molecule has 0 N–H and O–H groups in total. The Hall–Kier alpha value is -1.32. The molecule has 1 aliphatic rings. The predicted molar refractivity (Wildman–Crippen MR) is 44.6 cm³/mol. The first kappa shape index (κ1) is 9.77. The van der Waals surface area contributed by atoms with Gasteiger partial charge in [0, 0.05) is 5.92 Å². The van der Waals surface area contributed by atoms with Gasteiger partial charge in [-0.2, -0.15) is 0 Å².